The van der Waals surface area contributed by atoms with Crippen LogP contribution >= 0.6 is 23.8 Å². The largest absolute Gasteiger partial charge is 0.506 e. The number of benzene rings is 2. The van der Waals surface area contributed by atoms with Crippen LogP contribution in [0.25, 0.3) is 5.69 Å². The minimum Gasteiger partial charge on any atom is -0.506 e. The average molecular weight is 505 g/mol. The molecule has 0 saturated carbocycles. The first-order chi connectivity index (χ1) is 16.9. The molecule has 2 aromatic carbocycles. The summed E-state index contributed by atoms with van der Waals surface area (Å²) in [7, 11) is 1.59. The molecular formula is C27H25ClN4O2S. The fourth-order valence-electron chi connectivity index (χ4n) is 4.87. The summed E-state index contributed by atoms with van der Waals surface area (Å²) in [6, 6.07) is 20.6. The zero-order valence-corrected chi connectivity index (χ0v) is 21.1. The summed E-state index contributed by atoms with van der Waals surface area (Å²) in [5, 5.41) is 15.1. The highest BCUT2D eigenvalue weighted by atomic mass is 35.5. The Hall–Kier alpha value is -3.55. The van der Waals surface area contributed by atoms with Crippen molar-refractivity contribution in [3.05, 3.63) is 101 Å². The van der Waals surface area contributed by atoms with Crippen molar-refractivity contribution in [1.29, 1.82) is 0 Å². The molecule has 2 N–H and O–H groups in total. The van der Waals surface area contributed by atoms with Crippen molar-refractivity contribution < 1.29 is 9.84 Å². The predicted molar refractivity (Wildman–Crippen MR) is 143 cm³/mol. The summed E-state index contributed by atoms with van der Waals surface area (Å²) >= 11 is 12.3. The highest BCUT2D eigenvalue weighted by molar-refractivity contribution is 7.80. The van der Waals surface area contributed by atoms with Gasteiger partial charge in [0.15, 0.2) is 5.11 Å². The monoisotopic (exact) mass is 504 g/mol. The molecule has 4 aromatic rings. The van der Waals surface area contributed by atoms with Gasteiger partial charge in [0.05, 0.1) is 35.6 Å². The highest BCUT2D eigenvalue weighted by Gasteiger charge is 2.42. The lowest BCUT2D eigenvalue weighted by Gasteiger charge is -2.28. The second kappa shape index (κ2) is 9.24. The number of phenolic OH excluding ortho intramolecular Hbond substituents is 1. The average Bonchev–Trinajstić information content (AvgIpc) is 3.35. The SMILES string of the molecule is COc1ccc(N2C(=S)NC(c3ccccn3)C2c2cc(C)n(-c3ccccc3O)c2C)cc1Cl. The number of hydrogen-bond acceptors (Lipinski definition) is 4. The quantitative estimate of drug-likeness (QED) is 0.323. The Morgan fingerprint density at radius 2 is 1.83 bits per heavy atom. The van der Waals surface area contributed by atoms with E-state index in [0.29, 0.717) is 15.9 Å². The van der Waals surface area contributed by atoms with Gasteiger partial charge in [0.2, 0.25) is 0 Å². The van der Waals surface area contributed by atoms with Gasteiger partial charge < -0.3 is 24.6 Å². The first kappa shape index (κ1) is 23.2. The molecule has 1 fully saturated rings. The second-order valence-corrected chi connectivity index (χ2v) is 9.26. The van der Waals surface area contributed by atoms with Crippen LogP contribution in [0.1, 0.15) is 34.7 Å². The summed E-state index contributed by atoms with van der Waals surface area (Å²) in [6.07, 6.45) is 1.79. The maximum absolute atomic E-state index is 10.6. The number of nitrogens with zero attached hydrogens (tertiary/aromatic N) is 3. The third-order valence-corrected chi connectivity index (χ3v) is 7.03. The van der Waals surface area contributed by atoms with Crippen molar-refractivity contribution in [2.45, 2.75) is 25.9 Å². The van der Waals surface area contributed by atoms with Crippen LogP contribution in [-0.2, 0) is 0 Å². The van der Waals surface area contributed by atoms with Crippen LogP contribution in [0.5, 0.6) is 11.5 Å². The minimum absolute atomic E-state index is 0.192. The lowest BCUT2D eigenvalue weighted by atomic mass is 9.96. The van der Waals surface area contributed by atoms with E-state index >= 15 is 0 Å². The van der Waals surface area contributed by atoms with Gasteiger partial charge in [-0.05, 0) is 80.2 Å². The Kier molecular flexibility index (Phi) is 6.13. The lowest BCUT2D eigenvalue weighted by Crippen LogP contribution is -2.29. The zero-order valence-electron chi connectivity index (χ0n) is 19.6. The number of hydrogen-bond donors (Lipinski definition) is 2. The lowest BCUT2D eigenvalue weighted by molar-refractivity contribution is 0.415. The van der Waals surface area contributed by atoms with Crippen LogP contribution in [-0.4, -0.2) is 26.9 Å². The van der Waals surface area contributed by atoms with Crippen LogP contribution in [0.3, 0.4) is 0 Å². The number of aryl methyl sites for hydroxylation is 1. The standard InChI is InChI=1S/C27H25ClN4O2S/c1-16-14-19(17(2)31(16)22-9-4-5-10-23(22)33)26-25(21-8-6-7-13-29-21)30-27(35)32(26)18-11-12-24(34-3)20(28)15-18/h4-15,25-26,33H,1-3H3,(H,30,35). The van der Waals surface area contributed by atoms with E-state index in [2.05, 4.69) is 32.8 Å². The van der Waals surface area contributed by atoms with Crippen LogP contribution in [0.15, 0.2) is 72.9 Å². The van der Waals surface area contributed by atoms with Gasteiger partial charge in [-0.3, -0.25) is 4.98 Å². The molecule has 6 nitrogen and oxygen atoms in total. The molecule has 1 aliphatic rings. The first-order valence-electron chi connectivity index (χ1n) is 11.2. The molecule has 0 radical (unpaired) electrons. The van der Waals surface area contributed by atoms with Crippen molar-refractivity contribution >= 4 is 34.6 Å². The van der Waals surface area contributed by atoms with Gasteiger partial charge in [0, 0.05) is 23.3 Å². The van der Waals surface area contributed by atoms with Gasteiger partial charge in [-0.25, -0.2) is 0 Å². The number of phenols is 1. The summed E-state index contributed by atoms with van der Waals surface area (Å²) in [6.45, 7) is 4.10. The van der Waals surface area contributed by atoms with E-state index in [4.69, 9.17) is 28.6 Å². The molecule has 0 aliphatic carbocycles. The molecule has 8 heteroatoms. The Bertz CT molecular complexity index is 1410. The van der Waals surface area contributed by atoms with E-state index in [1.54, 1.807) is 19.4 Å². The van der Waals surface area contributed by atoms with Crippen LogP contribution < -0.4 is 15.0 Å². The Labute approximate surface area is 214 Å². The second-order valence-electron chi connectivity index (χ2n) is 8.47. The van der Waals surface area contributed by atoms with E-state index in [9.17, 15) is 5.11 Å². The summed E-state index contributed by atoms with van der Waals surface area (Å²) in [5.41, 5.74) is 5.55. The van der Waals surface area contributed by atoms with Crippen LogP contribution in [0, 0.1) is 13.8 Å². The molecule has 35 heavy (non-hydrogen) atoms. The number of nitrogens with one attached hydrogen (secondary N) is 1. The van der Waals surface area contributed by atoms with Crippen LogP contribution in [0.2, 0.25) is 5.02 Å². The maximum Gasteiger partial charge on any atom is 0.174 e. The number of aromatic hydroxyl groups is 1. The van der Waals surface area contributed by atoms with Gasteiger partial charge in [-0.1, -0.05) is 29.8 Å². The number of para-hydroxylation sites is 2. The van der Waals surface area contributed by atoms with Crippen molar-refractivity contribution in [3.63, 3.8) is 0 Å². The fourth-order valence-corrected chi connectivity index (χ4v) is 5.46. The maximum atomic E-state index is 10.6. The van der Waals surface area contributed by atoms with Gasteiger partial charge in [0.1, 0.15) is 11.5 Å². The number of rotatable bonds is 5. The Morgan fingerprint density at radius 1 is 1.06 bits per heavy atom. The normalized spacial score (nSPS) is 17.5. The number of methoxy groups -OCH3 is 1. The molecule has 1 saturated heterocycles. The Balaban J connectivity index is 1.69. The van der Waals surface area contributed by atoms with Crippen molar-refractivity contribution in [2.24, 2.45) is 0 Å². The minimum atomic E-state index is -0.201. The number of halogens is 1. The molecule has 3 heterocycles. The smallest absolute Gasteiger partial charge is 0.174 e. The van der Waals surface area contributed by atoms with E-state index in [0.717, 1.165) is 34.0 Å². The molecule has 0 bridgehead atoms. The first-order valence-corrected chi connectivity index (χ1v) is 12.0. The summed E-state index contributed by atoms with van der Waals surface area (Å²) < 4.78 is 7.42. The van der Waals surface area contributed by atoms with Crippen LogP contribution in [0.4, 0.5) is 5.69 Å². The molecule has 5 rings (SSSR count). The third kappa shape index (κ3) is 4.00. The van der Waals surface area contributed by atoms with Gasteiger partial charge in [-0.2, -0.15) is 0 Å². The van der Waals surface area contributed by atoms with Gasteiger partial charge >= 0.3 is 0 Å². The number of ether oxygens (including phenoxy) is 1. The molecule has 2 aromatic heterocycles. The number of pyridine rings is 1. The molecule has 2 unspecified atom stereocenters. The van der Waals surface area contributed by atoms with E-state index < -0.39 is 0 Å². The highest BCUT2D eigenvalue weighted by Crippen LogP contribution is 2.45. The molecule has 1 aliphatic heterocycles. The summed E-state index contributed by atoms with van der Waals surface area (Å²) in [5.74, 6) is 0.824. The van der Waals surface area contributed by atoms with Crippen molar-refractivity contribution in [1.82, 2.24) is 14.9 Å². The molecule has 178 valence electrons. The van der Waals surface area contributed by atoms with Crippen molar-refractivity contribution in [3.8, 4) is 17.2 Å². The number of thiocarbonyl (C=S) groups is 1. The predicted octanol–water partition coefficient (Wildman–Crippen LogP) is 6.03. The Morgan fingerprint density at radius 3 is 2.51 bits per heavy atom. The topological polar surface area (TPSA) is 62.5 Å². The van der Waals surface area contributed by atoms with Crippen molar-refractivity contribution in [2.75, 3.05) is 12.0 Å². The molecule has 2 atom stereocenters. The van der Waals surface area contributed by atoms with Gasteiger partial charge in [-0.15, -0.1) is 0 Å². The van der Waals surface area contributed by atoms with E-state index in [1.807, 2.05) is 61.5 Å². The van der Waals surface area contributed by atoms with E-state index in [1.165, 1.54) is 0 Å². The molecule has 0 amide bonds. The zero-order chi connectivity index (χ0) is 24.7. The van der Waals surface area contributed by atoms with E-state index in [-0.39, 0.29) is 17.8 Å². The number of aromatic nitrogens is 2. The number of anilines is 1. The molecule has 0 spiro atoms. The fraction of sp³-hybridized carbons (Fsp3) is 0.185. The third-order valence-electron chi connectivity index (χ3n) is 6.42. The molecular weight excluding hydrogens is 480 g/mol. The van der Waals surface area contributed by atoms with Gasteiger partial charge in [0.25, 0.3) is 0 Å². The summed E-state index contributed by atoms with van der Waals surface area (Å²) in [4.78, 5) is 6.71.